The Labute approximate surface area is 153 Å². The van der Waals surface area contributed by atoms with Gasteiger partial charge in [0.1, 0.15) is 18.0 Å². The fourth-order valence-electron chi connectivity index (χ4n) is 3.31. The Hall–Kier alpha value is -2.26. The van der Waals surface area contributed by atoms with E-state index in [0.29, 0.717) is 5.89 Å². The van der Waals surface area contributed by atoms with Crippen LogP contribution >= 0.6 is 0 Å². The SMILES string of the molecule is CCc1nc(CN2CCN(c3cc(N4CCOCC4)ncn3)CC2)no1. The summed E-state index contributed by atoms with van der Waals surface area (Å²) in [6, 6.07) is 2.09. The number of rotatable bonds is 5. The number of nitrogens with zero attached hydrogens (tertiary/aromatic N) is 7. The largest absolute Gasteiger partial charge is 0.378 e. The van der Waals surface area contributed by atoms with E-state index < -0.39 is 0 Å². The Bertz CT molecular complexity index is 709. The van der Waals surface area contributed by atoms with Gasteiger partial charge in [0, 0.05) is 51.8 Å². The molecule has 9 nitrogen and oxygen atoms in total. The van der Waals surface area contributed by atoms with Crippen LogP contribution in [0, 0.1) is 0 Å². The summed E-state index contributed by atoms with van der Waals surface area (Å²) in [4.78, 5) is 20.2. The summed E-state index contributed by atoms with van der Waals surface area (Å²) in [6.07, 6.45) is 2.44. The second kappa shape index (κ2) is 7.96. The van der Waals surface area contributed by atoms with Crippen LogP contribution in [0.15, 0.2) is 16.9 Å². The zero-order chi connectivity index (χ0) is 17.8. The Morgan fingerprint density at radius 3 is 2.31 bits per heavy atom. The van der Waals surface area contributed by atoms with Crippen LogP contribution in [-0.2, 0) is 17.7 Å². The van der Waals surface area contributed by atoms with E-state index in [9.17, 15) is 0 Å². The fraction of sp³-hybridized carbons (Fsp3) is 0.647. The van der Waals surface area contributed by atoms with Gasteiger partial charge in [0.25, 0.3) is 0 Å². The van der Waals surface area contributed by atoms with Crippen molar-refractivity contribution in [3.63, 3.8) is 0 Å². The summed E-state index contributed by atoms with van der Waals surface area (Å²) in [7, 11) is 0. The van der Waals surface area contributed by atoms with Gasteiger partial charge in [0.2, 0.25) is 5.89 Å². The van der Waals surface area contributed by atoms with Gasteiger partial charge in [-0.2, -0.15) is 4.98 Å². The molecule has 2 saturated heterocycles. The topological polar surface area (TPSA) is 83.7 Å². The molecule has 4 rings (SSSR count). The second-order valence-electron chi connectivity index (χ2n) is 6.55. The lowest BCUT2D eigenvalue weighted by molar-refractivity contribution is 0.122. The molecule has 4 heterocycles. The average Bonchev–Trinajstić information content (AvgIpc) is 3.17. The lowest BCUT2D eigenvalue weighted by Crippen LogP contribution is -2.46. The summed E-state index contributed by atoms with van der Waals surface area (Å²) in [5.41, 5.74) is 0. The maximum Gasteiger partial charge on any atom is 0.226 e. The van der Waals surface area contributed by atoms with Crippen molar-refractivity contribution in [1.82, 2.24) is 25.0 Å². The van der Waals surface area contributed by atoms with Gasteiger partial charge in [-0.3, -0.25) is 4.90 Å². The number of piperazine rings is 1. The smallest absolute Gasteiger partial charge is 0.226 e. The highest BCUT2D eigenvalue weighted by Crippen LogP contribution is 2.20. The molecule has 140 valence electrons. The number of aromatic nitrogens is 4. The molecule has 0 unspecified atom stereocenters. The van der Waals surface area contributed by atoms with Crippen molar-refractivity contribution in [1.29, 1.82) is 0 Å². The van der Waals surface area contributed by atoms with Crippen molar-refractivity contribution in [3.8, 4) is 0 Å². The fourth-order valence-corrected chi connectivity index (χ4v) is 3.31. The van der Waals surface area contributed by atoms with E-state index in [1.165, 1.54) is 0 Å². The first kappa shape index (κ1) is 17.2. The molecule has 2 aromatic rings. The number of hydrogen-bond acceptors (Lipinski definition) is 9. The van der Waals surface area contributed by atoms with Crippen LogP contribution in [0.3, 0.4) is 0 Å². The predicted octanol–water partition coefficient (Wildman–Crippen LogP) is 0.581. The first-order valence-electron chi connectivity index (χ1n) is 9.25. The number of morpholine rings is 1. The third-order valence-electron chi connectivity index (χ3n) is 4.85. The van der Waals surface area contributed by atoms with E-state index in [1.807, 2.05) is 6.92 Å². The molecule has 2 aliphatic heterocycles. The van der Waals surface area contributed by atoms with Gasteiger partial charge in [0.15, 0.2) is 5.82 Å². The van der Waals surface area contributed by atoms with Crippen LogP contribution in [0.1, 0.15) is 18.6 Å². The molecule has 0 radical (unpaired) electrons. The van der Waals surface area contributed by atoms with Crippen LogP contribution in [0.4, 0.5) is 11.6 Å². The summed E-state index contributed by atoms with van der Waals surface area (Å²) in [5.74, 6) is 3.45. The minimum Gasteiger partial charge on any atom is -0.378 e. The lowest BCUT2D eigenvalue weighted by atomic mass is 10.3. The first-order valence-corrected chi connectivity index (χ1v) is 9.25. The summed E-state index contributed by atoms with van der Waals surface area (Å²) in [5, 5.41) is 4.04. The minimum absolute atomic E-state index is 0.704. The third kappa shape index (κ3) is 3.94. The van der Waals surface area contributed by atoms with E-state index in [2.05, 4.69) is 40.9 Å². The van der Waals surface area contributed by atoms with Crippen molar-refractivity contribution in [2.24, 2.45) is 0 Å². The van der Waals surface area contributed by atoms with Gasteiger partial charge in [-0.1, -0.05) is 12.1 Å². The van der Waals surface area contributed by atoms with E-state index >= 15 is 0 Å². The van der Waals surface area contributed by atoms with Crippen molar-refractivity contribution >= 4 is 11.6 Å². The highest BCUT2D eigenvalue weighted by atomic mass is 16.5. The van der Waals surface area contributed by atoms with Crippen molar-refractivity contribution < 1.29 is 9.26 Å². The van der Waals surface area contributed by atoms with E-state index in [0.717, 1.165) is 82.9 Å². The zero-order valence-corrected chi connectivity index (χ0v) is 15.2. The Morgan fingerprint density at radius 1 is 0.962 bits per heavy atom. The van der Waals surface area contributed by atoms with Crippen molar-refractivity contribution in [2.45, 2.75) is 19.9 Å². The van der Waals surface area contributed by atoms with Gasteiger partial charge < -0.3 is 19.1 Å². The normalized spacial score (nSPS) is 19.1. The molecule has 0 spiro atoms. The Kier molecular flexibility index (Phi) is 5.26. The molecule has 0 aliphatic carbocycles. The third-order valence-corrected chi connectivity index (χ3v) is 4.85. The van der Waals surface area contributed by atoms with Crippen LogP contribution < -0.4 is 9.80 Å². The lowest BCUT2D eigenvalue weighted by Gasteiger charge is -2.35. The zero-order valence-electron chi connectivity index (χ0n) is 15.2. The van der Waals surface area contributed by atoms with Gasteiger partial charge in [0.05, 0.1) is 19.8 Å². The molecule has 2 fully saturated rings. The molecule has 26 heavy (non-hydrogen) atoms. The van der Waals surface area contributed by atoms with Crippen LogP contribution in [0.25, 0.3) is 0 Å². The predicted molar refractivity (Wildman–Crippen MR) is 96.2 cm³/mol. The highest BCUT2D eigenvalue weighted by molar-refractivity contribution is 5.50. The molecule has 0 bridgehead atoms. The maximum atomic E-state index is 5.42. The number of hydrogen-bond donors (Lipinski definition) is 0. The Balaban J connectivity index is 1.34. The van der Waals surface area contributed by atoms with Crippen LogP contribution in [0.5, 0.6) is 0 Å². The van der Waals surface area contributed by atoms with Gasteiger partial charge >= 0.3 is 0 Å². The second-order valence-corrected chi connectivity index (χ2v) is 6.55. The first-order chi connectivity index (χ1) is 12.8. The van der Waals surface area contributed by atoms with Crippen molar-refractivity contribution in [2.75, 3.05) is 62.3 Å². The number of ether oxygens (including phenoxy) is 1. The molecule has 2 aliphatic rings. The quantitative estimate of drug-likeness (QED) is 0.761. The van der Waals surface area contributed by atoms with Gasteiger partial charge in [-0.25, -0.2) is 9.97 Å². The minimum atomic E-state index is 0.704. The van der Waals surface area contributed by atoms with Crippen molar-refractivity contribution in [3.05, 3.63) is 24.1 Å². The van der Waals surface area contributed by atoms with Gasteiger partial charge in [-0.15, -0.1) is 0 Å². The summed E-state index contributed by atoms with van der Waals surface area (Å²) >= 11 is 0. The number of anilines is 2. The summed E-state index contributed by atoms with van der Waals surface area (Å²) < 4.78 is 10.6. The van der Waals surface area contributed by atoms with E-state index in [4.69, 9.17) is 9.26 Å². The highest BCUT2D eigenvalue weighted by Gasteiger charge is 2.21. The molecule has 0 saturated carbocycles. The molecule has 0 aromatic carbocycles. The standard InChI is InChI=1S/C17H25N7O2/c1-2-17-20-14(21-26-17)12-22-3-5-23(6-4-22)15-11-16(19-13-18-15)24-7-9-25-10-8-24/h11,13H,2-10,12H2,1H3. The van der Waals surface area contributed by atoms with Gasteiger partial charge in [-0.05, 0) is 0 Å². The molecule has 2 aromatic heterocycles. The molecular formula is C17H25N7O2. The molecule has 9 heteroatoms. The van der Waals surface area contributed by atoms with Crippen LogP contribution in [-0.4, -0.2) is 77.5 Å². The molecule has 0 N–H and O–H groups in total. The monoisotopic (exact) mass is 359 g/mol. The number of aryl methyl sites for hydroxylation is 1. The van der Waals surface area contributed by atoms with Crippen LogP contribution in [0.2, 0.25) is 0 Å². The molecule has 0 amide bonds. The average molecular weight is 359 g/mol. The van der Waals surface area contributed by atoms with E-state index in [1.54, 1.807) is 6.33 Å². The maximum absolute atomic E-state index is 5.42. The Morgan fingerprint density at radius 2 is 1.65 bits per heavy atom. The summed E-state index contributed by atoms with van der Waals surface area (Å²) in [6.45, 7) is 9.80. The van der Waals surface area contributed by atoms with E-state index in [-0.39, 0.29) is 0 Å². The molecular weight excluding hydrogens is 334 g/mol. The molecule has 0 atom stereocenters.